The Morgan fingerprint density at radius 1 is 0.957 bits per heavy atom. The normalized spacial score (nSPS) is 15.9. The van der Waals surface area contributed by atoms with Gasteiger partial charge in [0.05, 0.1) is 24.3 Å². The molecule has 1 N–H and O–H groups in total. The topological polar surface area (TPSA) is 138 Å². The quantitative estimate of drug-likeness (QED) is 0.218. The Hall–Kier alpha value is -4.55. The number of carbonyl (C=O) groups is 5. The molecule has 12 heteroatoms. The molecule has 0 saturated heterocycles. The van der Waals surface area contributed by atoms with E-state index >= 15 is 0 Å². The molecule has 1 unspecified atom stereocenters. The molecule has 11 nitrogen and oxygen atoms in total. The Balaban J connectivity index is 1.37. The molecule has 0 saturated carbocycles. The van der Waals surface area contributed by atoms with E-state index in [9.17, 15) is 24.0 Å². The van der Waals surface area contributed by atoms with Crippen molar-refractivity contribution in [2.75, 3.05) is 5.32 Å². The number of benzene rings is 2. The summed E-state index contributed by atoms with van der Waals surface area (Å²) in [6.45, 7) is 10.2. The van der Waals surface area contributed by atoms with E-state index in [1.54, 1.807) is 59.7 Å². The lowest BCUT2D eigenvalue weighted by Crippen LogP contribution is -2.43. The van der Waals surface area contributed by atoms with Gasteiger partial charge in [0, 0.05) is 11.3 Å². The summed E-state index contributed by atoms with van der Waals surface area (Å²) in [5.74, 6) is -3.59. The van der Waals surface area contributed by atoms with Gasteiger partial charge >= 0.3 is 17.8 Å². The van der Waals surface area contributed by atoms with Gasteiger partial charge in [-0.3, -0.25) is 19.3 Å². The number of ether oxygens (including phenoxy) is 4. The number of amides is 3. The SMILES string of the molecule is CC(C)(C)OC(=O)C(=O)Nc1sc2c(c1C(=O)OC(C)(C)C)CC(C(=O)N1Cc3cccc(OCc4ccccc4)c3C1=O)OC2. The van der Waals surface area contributed by atoms with Crippen molar-refractivity contribution in [2.24, 2.45) is 0 Å². The van der Waals surface area contributed by atoms with Gasteiger partial charge in [0.1, 0.15) is 34.7 Å². The molecule has 0 fully saturated rings. The molecule has 2 aliphatic heterocycles. The zero-order chi connectivity index (χ0) is 33.4. The van der Waals surface area contributed by atoms with E-state index in [1.807, 2.05) is 30.3 Å². The number of imide groups is 1. The van der Waals surface area contributed by atoms with Crippen LogP contribution in [0.15, 0.2) is 48.5 Å². The summed E-state index contributed by atoms with van der Waals surface area (Å²) in [5, 5.41) is 2.57. The van der Waals surface area contributed by atoms with Crippen LogP contribution >= 0.6 is 11.3 Å². The highest BCUT2D eigenvalue weighted by molar-refractivity contribution is 7.17. The van der Waals surface area contributed by atoms with Crippen molar-refractivity contribution in [1.82, 2.24) is 4.90 Å². The second kappa shape index (κ2) is 12.7. The van der Waals surface area contributed by atoms with Crippen LogP contribution in [0.1, 0.15) is 83.8 Å². The lowest BCUT2D eigenvalue weighted by atomic mass is 9.99. The molecule has 3 aromatic rings. The number of carbonyl (C=O) groups excluding carboxylic acids is 5. The van der Waals surface area contributed by atoms with Crippen LogP contribution < -0.4 is 10.1 Å². The summed E-state index contributed by atoms with van der Waals surface area (Å²) in [6, 6.07) is 14.8. The van der Waals surface area contributed by atoms with Crippen LogP contribution in [0.5, 0.6) is 5.75 Å². The van der Waals surface area contributed by atoms with E-state index in [0.717, 1.165) is 21.8 Å². The predicted octanol–water partition coefficient (Wildman–Crippen LogP) is 5.19. The van der Waals surface area contributed by atoms with Crippen LogP contribution in [0.25, 0.3) is 0 Å². The highest BCUT2D eigenvalue weighted by atomic mass is 32.1. The minimum Gasteiger partial charge on any atom is -0.488 e. The van der Waals surface area contributed by atoms with E-state index in [2.05, 4.69) is 5.32 Å². The number of esters is 2. The Kier molecular flexibility index (Phi) is 9.05. The number of nitrogens with one attached hydrogen (secondary N) is 1. The minimum absolute atomic E-state index is 0.0283. The molecular weight excluding hydrogens is 612 g/mol. The molecular formula is C34H36N2O9S. The molecule has 0 bridgehead atoms. The second-order valence-electron chi connectivity index (χ2n) is 13.0. The maximum atomic E-state index is 13.8. The lowest BCUT2D eigenvalue weighted by Gasteiger charge is -2.26. The van der Waals surface area contributed by atoms with E-state index < -0.39 is 47.0 Å². The van der Waals surface area contributed by atoms with Crippen molar-refractivity contribution in [3.8, 4) is 5.75 Å². The molecule has 46 heavy (non-hydrogen) atoms. The maximum absolute atomic E-state index is 13.8. The van der Waals surface area contributed by atoms with Gasteiger partial charge in [-0.05, 0) is 64.3 Å². The Bertz CT molecular complexity index is 1700. The average molecular weight is 649 g/mol. The van der Waals surface area contributed by atoms with Gasteiger partial charge < -0.3 is 24.3 Å². The smallest absolute Gasteiger partial charge is 0.397 e. The number of hydrogen-bond acceptors (Lipinski definition) is 10. The number of anilines is 1. The average Bonchev–Trinajstić information content (AvgIpc) is 3.51. The molecule has 2 aromatic carbocycles. The summed E-state index contributed by atoms with van der Waals surface area (Å²) in [6.07, 6.45) is -1.15. The monoisotopic (exact) mass is 648 g/mol. The lowest BCUT2D eigenvalue weighted by molar-refractivity contribution is -0.161. The molecule has 0 radical (unpaired) electrons. The molecule has 5 rings (SSSR count). The van der Waals surface area contributed by atoms with Gasteiger partial charge in [0.25, 0.3) is 11.8 Å². The van der Waals surface area contributed by atoms with Crippen molar-refractivity contribution in [3.05, 3.63) is 81.2 Å². The van der Waals surface area contributed by atoms with Crippen molar-refractivity contribution >= 4 is 46.0 Å². The fourth-order valence-corrected chi connectivity index (χ4v) is 6.21. The Morgan fingerprint density at radius 2 is 1.65 bits per heavy atom. The highest BCUT2D eigenvalue weighted by Crippen LogP contribution is 2.40. The summed E-state index contributed by atoms with van der Waals surface area (Å²) < 4.78 is 22.7. The van der Waals surface area contributed by atoms with E-state index in [4.69, 9.17) is 18.9 Å². The highest BCUT2D eigenvalue weighted by Gasteiger charge is 2.42. The zero-order valence-electron chi connectivity index (χ0n) is 26.6. The number of hydrogen-bond donors (Lipinski definition) is 1. The van der Waals surface area contributed by atoms with Gasteiger partial charge in [0.15, 0.2) is 0 Å². The molecule has 2 aliphatic rings. The fraction of sp³-hybridized carbons (Fsp3) is 0.382. The van der Waals surface area contributed by atoms with Crippen LogP contribution in [-0.4, -0.2) is 51.9 Å². The molecule has 3 heterocycles. The first-order valence-corrected chi connectivity index (χ1v) is 15.6. The number of nitrogens with zero attached hydrogens (tertiary/aromatic N) is 1. The third kappa shape index (κ3) is 7.29. The summed E-state index contributed by atoms with van der Waals surface area (Å²) in [4.78, 5) is 67.7. The van der Waals surface area contributed by atoms with Gasteiger partial charge in [-0.2, -0.15) is 0 Å². The number of fused-ring (bicyclic) bond motifs is 2. The largest absolute Gasteiger partial charge is 0.488 e. The third-order valence-corrected chi connectivity index (χ3v) is 8.11. The minimum atomic E-state index is -1.11. The van der Waals surface area contributed by atoms with Crippen LogP contribution in [0.3, 0.4) is 0 Å². The molecule has 0 aliphatic carbocycles. The van der Waals surface area contributed by atoms with E-state index in [1.165, 1.54) is 0 Å². The maximum Gasteiger partial charge on any atom is 0.397 e. The second-order valence-corrected chi connectivity index (χ2v) is 14.1. The first-order valence-electron chi connectivity index (χ1n) is 14.8. The van der Waals surface area contributed by atoms with Crippen LogP contribution in [0, 0.1) is 0 Å². The number of thiophene rings is 1. The standard InChI is InChI=1S/C34H36N2O9S/c1-33(2,3)44-31(40)26-21-15-23(43-18-24(21)46-28(26)35-27(37)32(41)45-34(4,5)6)29(38)36-16-20-13-10-14-22(25(20)30(36)39)42-17-19-11-8-7-9-12-19/h7-14,23H,15-18H2,1-6H3,(H,35,37). The summed E-state index contributed by atoms with van der Waals surface area (Å²) >= 11 is 1.05. The Morgan fingerprint density at radius 3 is 2.33 bits per heavy atom. The van der Waals surface area contributed by atoms with Crippen LogP contribution in [0.2, 0.25) is 0 Å². The number of rotatable bonds is 6. The van der Waals surface area contributed by atoms with Gasteiger partial charge in [-0.15, -0.1) is 11.3 Å². The molecule has 1 atom stereocenters. The molecule has 1 aromatic heterocycles. The first-order chi connectivity index (χ1) is 21.6. The van der Waals surface area contributed by atoms with E-state index in [-0.39, 0.29) is 36.7 Å². The van der Waals surface area contributed by atoms with Crippen molar-refractivity contribution in [3.63, 3.8) is 0 Å². The third-order valence-electron chi connectivity index (χ3n) is 6.99. The predicted molar refractivity (Wildman–Crippen MR) is 168 cm³/mol. The molecule has 3 amide bonds. The summed E-state index contributed by atoms with van der Waals surface area (Å²) in [5.41, 5.74) is 0.605. The van der Waals surface area contributed by atoms with E-state index in [0.29, 0.717) is 27.3 Å². The van der Waals surface area contributed by atoms with Gasteiger partial charge in [-0.1, -0.05) is 42.5 Å². The van der Waals surface area contributed by atoms with Gasteiger partial charge in [0.2, 0.25) is 0 Å². The van der Waals surface area contributed by atoms with Crippen molar-refractivity contribution < 1.29 is 42.9 Å². The molecule has 0 spiro atoms. The van der Waals surface area contributed by atoms with Crippen molar-refractivity contribution in [2.45, 2.75) is 85.0 Å². The van der Waals surface area contributed by atoms with Crippen molar-refractivity contribution in [1.29, 1.82) is 0 Å². The Labute approximate surface area is 270 Å². The zero-order valence-corrected chi connectivity index (χ0v) is 27.4. The fourth-order valence-electron chi connectivity index (χ4n) is 5.07. The van der Waals surface area contributed by atoms with Crippen LogP contribution in [-0.2, 0) is 54.8 Å². The first kappa shape index (κ1) is 32.8. The van der Waals surface area contributed by atoms with Crippen LogP contribution in [0.4, 0.5) is 5.00 Å². The summed E-state index contributed by atoms with van der Waals surface area (Å²) in [7, 11) is 0. The van der Waals surface area contributed by atoms with Gasteiger partial charge in [-0.25, -0.2) is 9.59 Å². The molecule has 242 valence electrons.